The van der Waals surface area contributed by atoms with Gasteiger partial charge in [-0.25, -0.2) is 8.42 Å². The van der Waals surface area contributed by atoms with E-state index in [4.69, 9.17) is 0 Å². The third-order valence-electron chi connectivity index (χ3n) is 4.22. The Balaban J connectivity index is 2.21. The van der Waals surface area contributed by atoms with Crippen molar-refractivity contribution in [3.8, 4) is 11.8 Å². The molecule has 0 aliphatic heterocycles. The lowest BCUT2D eigenvalue weighted by molar-refractivity contribution is -0.112. The summed E-state index contributed by atoms with van der Waals surface area (Å²) in [6, 6.07) is 12.9. The summed E-state index contributed by atoms with van der Waals surface area (Å²) in [6.07, 6.45) is 1.28. The first-order valence-corrected chi connectivity index (χ1v) is 10.7. The predicted octanol–water partition coefficient (Wildman–Crippen LogP) is 3.86. The molecule has 2 aromatic rings. The van der Waals surface area contributed by atoms with Crippen molar-refractivity contribution in [2.75, 3.05) is 18.4 Å². The Bertz CT molecular complexity index is 1090. The highest BCUT2D eigenvalue weighted by atomic mass is 32.2. The summed E-state index contributed by atoms with van der Waals surface area (Å²) >= 11 is 0. The lowest BCUT2D eigenvalue weighted by atomic mass is 10.1. The zero-order valence-electron chi connectivity index (χ0n) is 16.9. The minimum absolute atomic E-state index is 0.0195. The fraction of sp³-hybridized carbons (Fsp3) is 0.238. The number of carbonyl (C=O) groups excluding carboxylic acids is 1. The summed E-state index contributed by atoms with van der Waals surface area (Å²) in [5, 5.41) is 11.8. The number of hydrogen-bond acceptors (Lipinski definition) is 5. The van der Waals surface area contributed by atoms with Crippen LogP contribution in [0.4, 0.5) is 14.5 Å². The van der Waals surface area contributed by atoms with Crippen molar-refractivity contribution < 1.29 is 26.7 Å². The Morgan fingerprint density at radius 2 is 1.84 bits per heavy atom. The van der Waals surface area contributed by atoms with Crippen LogP contribution in [0, 0.1) is 11.3 Å². The van der Waals surface area contributed by atoms with Crippen molar-refractivity contribution in [1.29, 1.82) is 5.26 Å². The molecule has 0 saturated heterocycles. The van der Waals surface area contributed by atoms with Crippen molar-refractivity contribution in [2.24, 2.45) is 0 Å². The highest BCUT2D eigenvalue weighted by molar-refractivity contribution is 7.89. The summed E-state index contributed by atoms with van der Waals surface area (Å²) in [7, 11) is -3.71. The molecule has 0 atom stereocenters. The lowest BCUT2D eigenvalue weighted by Crippen LogP contribution is -2.30. The number of carbonyl (C=O) groups is 1. The van der Waals surface area contributed by atoms with Crippen molar-refractivity contribution in [1.82, 2.24) is 4.31 Å². The predicted molar refractivity (Wildman–Crippen MR) is 112 cm³/mol. The van der Waals surface area contributed by atoms with E-state index in [1.165, 1.54) is 58.9 Å². The first-order chi connectivity index (χ1) is 14.7. The zero-order valence-corrected chi connectivity index (χ0v) is 17.7. The van der Waals surface area contributed by atoms with E-state index in [9.17, 15) is 27.3 Å². The molecule has 1 N–H and O–H groups in total. The Morgan fingerprint density at radius 1 is 1.19 bits per heavy atom. The van der Waals surface area contributed by atoms with E-state index in [1.807, 2.05) is 0 Å². The summed E-state index contributed by atoms with van der Waals surface area (Å²) in [4.78, 5) is 12.5. The molecular weight excluding hydrogens is 428 g/mol. The molecule has 164 valence electrons. The number of sulfonamides is 1. The van der Waals surface area contributed by atoms with Crippen LogP contribution >= 0.6 is 0 Å². The number of alkyl halides is 2. The fourth-order valence-electron chi connectivity index (χ4n) is 2.71. The molecule has 0 aromatic heterocycles. The molecule has 2 aromatic carbocycles. The van der Waals surface area contributed by atoms with Crippen molar-refractivity contribution in [3.05, 3.63) is 59.7 Å². The molecule has 0 fully saturated rings. The van der Waals surface area contributed by atoms with Crippen LogP contribution in [0.15, 0.2) is 59.0 Å². The first kappa shape index (κ1) is 24.0. The van der Waals surface area contributed by atoms with Crippen LogP contribution in [-0.2, 0) is 14.8 Å². The van der Waals surface area contributed by atoms with Gasteiger partial charge in [-0.2, -0.15) is 18.3 Å². The highest BCUT2D eigenvalue weighted by Gasteiger charge is 2.22. The zero-order chi connectivity index (χ0) is 23.0. The van der Waals surface area contributed by atoms with E-state index in [2.05, 4.69) is 10.1 Å². The number of benzene rings is 2. The summed E-state index contributed by atoms with van der Waals surface area (Å²) in [5.41, 5.74) is 0.380. The standard InChI is InChI=1S/C21H21F2N3O4S/c1-3-26(4-2)31(28,29)19-7-5-6-17(13-19)25-20(27)16(14-24)12-15-8-10-18(11-9-15)30-21(22)23/h5-13,21H,3-4H2,1-2H3,(H,25,27)/b16-12+. The molecule has 0 radical (unpaired) electrons. The molecule has 7 nitrogen and oxygen atoms in total. The van der Waals surface area contributed by atoms with Gasteiger partial charge in [0.1, 0.15) is 17.4 Å². The number of nitrogens with one attached hydrogen (secondary N) is 1. The van der Waals surface area contributed by atoms with Crippen LogP contribution in [-0.4, -0.2) is 38.3 Å². The van der Waals surface area contributed by atoms with Gasteiger partial charge in [-0.05, 0) is 42.0 Å². The van der Waals surface area contributed by atoms with Gasteiger partial charge in [-0.15, -0.1) is 0 Å². The van der Waals surface area contributed by atoms with Gasteiger partial charge >= 0.3 is 6.61 Å². The third kappa shape index (κ3) is 6.34. The first-order valence-electron chi connectivity index (χ1n) is 9.29. The number of nitrogens with zero attached hydrogens (tertiary/aromatic N) is 2. The largest absolute Gasteiger partial charge is 0.435 e. The molecular formula is C21H21F2N3O4S. The van der Waals surface area contributed by atoms with E-state index < -0.39 is 22.5 Å². The molecule has 31 heavy (non-hydrogen) atoms. The molecule has 1 amide bonds. The second-order valence-corrected chi connectivity index (χ2v) is 8.13. The number of amides is 1. The maximum atomic E-state index is 12.7. The summed E-state index contributed by atoms with van der Waals surface area (Å²) in [5.74, 6) is -0.797. The molecule has 0 saturated carbocycles. The molecule has 0 unspecified atom stereocenters. The molecule has 0 aliphatic carbocycles. The minimum atomic E-state index is -3.71. The van der Waals surface area contributed by atoms with Crippen LogP contribution in [0.2, 0.25) is 0 Å². The van der Waals surface area contributed by atoms with Gasteiger partial charge in [0, 0.05) is 18.8 Å². The van der Waals surface area contributed by atoms with Crippen molar-refractivity contribution >= 4 is 27.7 Å². The number of anilines is 1. The van der Waals surface area contributed by atoms with Crippen LogP contribution < -0.4 is 10.1 Å². The lowest BCUT2D eigenvalue weighted by Gasteiger charge is -2.18. The van der Waals surface area contributed by atoms with Crippen LogP contribution in [0.1, 0.15) is 19.4 Å². The van der Waals surface area contributed by atoms with Gasteiger partial charge in [0.25, 0.3) is 5.91 Å². The van der Waals surface area contributed by atoms with E-state index in [-0.39, 0.29) is 21.9 Å². The Labute approximate surface area is 179 Å². The van der Waals surface area contributed by atoms with Crippen LogP contribution in [0.3, 0.4) is 0 Å². The maximum absolute atomic E-state index is 12.7. The molecule has 0 spiro atoms. The Kier molecular flexibility index (Phi) is 8.24. The quantitative estimate of drug-likeness (QED) is 0.463. The monoisotopic (exact) mass is 449 g/mol. The smallest absolute Gasteiger partial charge is 0.387 e. The Hall–Kier alpha value is -3.29. The fourth-order valence-corrected chi connectivity index (χ4v) is 4.21. The maximum Gasteiger partial charge on any atom is 0.387 e. The third-order valence-corrected chi connectivity index (χ3v) is 6.26. The van der Waals surface area contributed by atoms with Crippen LogP contribution in [0.25, 0.3) is 6.08 Å². The second-order valence-electron chi connectivity index (χ2n) is 6.19. The number of nitriles is 1. The SMILES string of the molecule is CCN(CC)S(=O)(=O)c1cccc(NC(=O)/C(C#N)=C/c2ccc(OC(F)F)cc2)c1. The molecule has 0 aliphatic rings. The van der Waals surface area contributed by atoms with E-state index in [0.717, 1.165) is 0 Å². The van der Waals surface area contributed by atoms with Gasteiger partial charge in [-0.1, -0.05) is 32.0 Å². The molecule has 10 heteroatoms. The van der Waals surface area contributed by atoms with Gasteiger partial charge in [0.05, 0.1) is 4.90 Å². The van der Waals surface area contributed by atoms with Crippen molar-refractivity contribution in [3.63, 3.8) is 0 Å². The topological polar surface area (TPSA) is 99.5 Å². The van der Waals surface area contributed by atoms with E-state index in [1.54, 1.807) is 19.9 Å². The minimum Gasteiger partial charge on any atom is -0.435 e. The average Bonchev–Trinajstić information content (AvgIpc) is 2.73. The van der Waals surface area contributed by atoms with Crippen LogP contribution in [0.5, 0.6) is 5.75 Å². The van der Waals surface area contributed by atoms with Gasteiger partial charge in [0.2, 0.25) is 10.0 Å². The highest BCUT2D eigenvalue weighted by Crippen LogP contribution is 2.21. The summed E-state index contributed by atoms with van der Waals surface area (Å²) < 4.78 is 55.3. The molecule has 0 heterocycles. The number of ether oxygens (including phenoxy) is 1. The normalized spacial score (nSPS) is 12.0. The van der Waals surface area contributed by atoms with E-state index in [0.29, 0.717) is 18.7 Å². The Morgan fingerprint density at radius 3 is 2.39 bits per heavy atom. The second kappa shape index (κ2) is 10.7. The van der Waals surface area contributed by atoms with Crippen molar-refractivity contribution in [2.45, 2.75) is 25.4 Å². The summed E-state index contributed by atoms with van der Waals surface area (Å²) in [6.45, 7) is 1.10. The van der Waals surface area contributed by atoms with E-state index >= 15 is 0 Å². The van der Waals surface area contributed by atoms with Gasteiger partial charge in [0.15, 0.2) is 0 Å². The van der Waals surface area contributed by atoms with Gasteiger partial charge < -0.3 is 10.1 Å². The average molecular weight is 449 g/mol. The molecule has 0 bridgehead atoms. The van der Waals surface area contributed by atoms with Gasteiger partial charge in [-0.3, -0.25) is 4.79 Å². The number of hydrogen-bond donors (Lipinski definition) is 1. The number of halogens is 2. The molecule has 2 rings (SSSR count). The number of rotatable bonds is 9.